The molecule has 67 heavy (non-hydrogen) atoms. The second-order valence-corrected chi connectivity index (χ2v) is 22.7. The summed E-state index contributed by atoms with van der Waals surface area (Å²) in [5.41, 5.74) is 2.70. The van der Waals surface area contributed by atoms with Gasteiger partial charge in [-0.3, -0.25) is 4.79 Å². The van der Waals surface area contributed by atoms with E-state index in [1.807, 2.05) is 19.9 Å². The largest absolute Gasteiger partial charge is 0.478 e. The number of carbonyl (C=O) groups is 2. The molecule has 0 unspecified atom stereocenters. The maximum Gasteiger partial charge on any atom is 0.338 e. The Balaban J connectivity index is 0.000000200. The minimum Gasteiger partial charge on any atom is -0.478 e. The lowest BCUT2D eigenvalue weighted by Crippen LogP contribution is -2.29. The molecule has 20 heteroatoms. The topological polar surface area (TPSA) is 224 Å². The molecule has 2 N–H and O–H groups in total. The maximum atomic E-state index is 13.3. The molecule has 0 atom stereocenters. The zero-order chi connectivity index (χ0) is 48.5. The number of benzene rings is 2. The van der Waals surface area contributed by atoms with Crippen LogP contribution in [0.25, 0.3) is 22.1 Å². The van der Waals surface area contributed by atoms with Gasteiger partial charge in [-0.15, -0.1) is 0 Å². The van der Waals surface area contributed by atoms with E-state index >= 15 is 0 Å². The molecular weight excluding hydrogens is 899 g/mol. The van der Waals surface area contributed by atoms with E-state index < -0.39 is 26.0 Å². The monoisotopic (exact) mass is 961 g/mol. The number of carbonyl (C=O) groups excluding carboxylic acids is 1. The van der Waals surface area contributed by atoms with Crippen LogP contribution in [-0.4, -0.2) is 104 Å². The molecule has 362 valence electrons. The third kappa shape index (κ3) is 10.5. The number of amides is 1. The van der Waals surface area contributed by atoms with Gasteiger partial charge in [0.1, 0.15) is 11.6 Å². The number of ether oxygens (including phenoxy) is 2. The Bertz CT molecular complexity index is 2970. The van der Waals surface area contributed by atoms with Crippen LogP contribution in [0.4, 0.5) is 0 Å². The van der Waals surface area contributed by atoms with E-state index in [1.165, 1.54) is 18.5 Å². The molecule has 0 bridgehead atoms. The number of nitrogens with one attached hydrogen (secondary N) is 1. The molecule has 2 aromatic carbocycles. The predicted octanol–water partition coefficient (Wildman–Crippen LogP) is 7.00. The van der Waals surface area contributed by atoms with E-state index in [0.717, 1.165) is 117 Å². The van der Waals surface area contributed by atoms with Crippen molar-refractivity contribution in [1.82, 2.24) is 42.8 Å². The fourth-order valence-electron chi connectivity index (χ4n) is 8.30. The molecule has 1 amide bonds. The first-order valence-electron chi connectivity index (χ1n) is 23.0. The summed E-state index contributed by atoms with van der Waals surface area (Å²) in [6.07, 6.45) is 10.3. The van der Waals surface area contributed by atoms with Crippen molar-refractivity contribution in [2.45, 2.75) is 134 Å². The highest BCUT2D eigenvalue weighted by Gasteiger charge is 2.31. The van der Waals surface area contributed by atoms with Crippen LogP contribution < -0.4 is 5.32 Å². The van der Waals surface area contributed by atoms with Gasteiger partial charge >= 0.3 is 5.97 Å². The number of imidazole rings is 2. The van der Waals surface area contributed by atoms with Crippen LogP contribution in [0.3, 0.4) is 0 Å². The summed E-state index contributed by atoms with van der Waals surface area (Å²) in [4.78, 5) is 33.3. The Morgan fingerprint density at radius 1 is 0.701 bits per heavy atom. The van der Waals surface area contributed by atoms with E-state index in [-0.39, 0.29) is 43.7 Å². The molecule has 2 fully saturated rings. The van der Waals surface area contributed by atoms with E-state index in [0.29, 0.717) is 27.0 Å². The molecule has 0 spiro atoms. The first kappa shape index (κ1) is 49.5. The molecular formula is C47H63N9O9S2. The summed E-state index contributed by atoms with van der Waals surface area (Å²) in [5.74, 6) is 1.27. The number of hydrogen-bond donors (Lipinski definition) is 2. The third-order valence-electron chi connectivity index (χ3n) is 13.1. The standard InChI is InChI=1S/C25H35N5O4S.C22H28N4O5S/c1-6-25(4,5)24-28-21-13-20(7-8-22(21)29(24)15-18-9-11-34-12-10-18)35(32,33)30-16-19(14-26-30)23(31)27-17(2)3;1-4-22(2,3)21-24-18-11-17(32(29,30)26-14-16(12-23-26)20(27)28)5-6-19(18)25(21)13-15-7-9-31-10-8-15/h7-8,13-14,16-18H,6,9-12,15H2,1-5H3,(H,27,31);5-6,11-12,14-15H,4,7-10,13H2,1-3H3,(H,27,28). The van der Waals surface area contributed by atoms with Gasteiger partial charge in [-0.05, 0) is 101 Å². The van der Waals surface area contributed by atoms with Crippen LogP contribution in [0, 0.1) is 11.8 Å². The number of rotatable bonds is 15. The minimum absolute atomic E-state index is 0.0154. The van der Waals surface area contributed by atoms with Crippen LogP contribution in [0.5, 0.6) is 0 Å². The van der Waals surface area contributed by atoms with Crippen LogP contribution in [0.2, 0.25) is 0 Å². The second-order valence-electron chi connectivity index (χ2n) is 19.1. The van der Waals surface area contributed by atoms with Crippen molar-refractivity contribution >= 4 is 54.0 Å². The summed E-state index contributed by atoms with van der Waals surface area (Å²) in [6, 6.07) is 9.83. The number of nitrogens with zero attached hydrogens (tertiary/aromatic N) is 8. The van der Waals surface area contributed by atoms with E-state index in [2.05, 4.69) is 66.2 Å². The smallest absolute Gasteiger partial charge is 0.338 e. The van der Waals surface area contributed by atoms with Gasteiger partial charge < -0.3 is 29.0 Å². The number of hydrogen-bond acceptors (Lipinski definition) is 12. The summed E-state index contributed by atoms with van der Waals surface area (Å²) in [7, 11) is -8.02. The van der Waals surface area contributed by atoms with Crippen LogP contribution in [0.1, 0.15) is 126 Å². The highest BCUT2D eigenvalue weighted by atomic mass is 32.2. The van der Waals surface area contributed by atoms with Gasteiger partial charge in [0.05, 0.1) is 67.8 Å². The molecule has 2 aliphatic rings. The fourth-order valence-corrected chi connectivity index (χ4v) is 10.6. The third-order valence-corrected chi connectivity index (χ3v) is 16.2. The van der Waals surface area contributed by atoms with Crippen LogP contribution in [0.15, 0.2) is 71.0 Å². The molecule has 2 saturated heterocycles. The number of fused-ring (bicyclic) bond motifs is 2. The maximum absolute atomic E-state index is 13.3. The van der Waals surface area contributed by atoms with Crippen LogP contribution in [-0.2, 0) is 53.4 Å². The lowest BCUT2D eigenvalue weighted by molar-refractivity contribution is 0.0609. The molecule has 2 aliphatic heterocycles. The van der Waals surface area contributed by atoms with Gasteiger partial charge in [-0.2, -0.15) is 35.2 Å². The van der Waals surface area contributed by atoms with Crippen molar-refractivity contribution in [1.29, 1.82) is 0 Å². The van der Waals surface area contributed by atoms with Crippen molar-refractivity contribution < 1.29 is 41.0 Å². The van der Waals surface area contributed by atoms with E-state index in [4.69, 9.17) is 24.5 Å². The van der Waals surface area contributed by atoms with Crippen molar-refractivity contribution in [3.05, 3.63) is 84.0 Å². The normalized spacial score (nSPS) is 15.8. The lowest BCUT2D eigenvalue weighted by Gasteiger charge is -2.28. The molecule has 6 heterocycles. The quantitative estimate of drug-likeness (QED) is 0.106. The Labute approximate surface area is 392 Å². The van der Waals surface area contributed by atoms with Gasteiger partial charge in [-0.25, -0.2) is 14.8 Å². The molecule has 18 nitrogen and oxygen atoms in total. The van der Waals surface area contributed by atoms with Gasteiger partial charge in [0.2, 0.25) is 0 Å². The summed E-state index contributed by atoms with van der Waals surface area (Å²) in [5, 5.41) is 19.5. The Hall–Kier alpha value is -5.44. The SMILES string of the molecule is CCC(C)(C)c1nc2cc(S(=O)(=O)n3cc(C(=O)NC(C)C)cn3)ccc2n1CC1CCOCC1.CCC(C)(C)c1nc2cc(S(=O)(=O)n3cc(C(=O)O)cn3)ccc2n1CC1CCOCC1. The predicted molar refractivity (Wildman–Crippen MR) is 252 cm³/mol. The van der Waals surface area contributed by atoms with Crippen molar-refractivity contribution in [2.24, 2.45) is 11.8 Å². The Kier molecular flexibility index (Phi) is 14.5. The number of carboxylic acids is 1. The molecule has 6 aromatic rings. The molecule has 0 radical (unpaired) electrons. The zero-order valence-electron chi connectivity index (χ0n) is 39.6. The highest BCUT2D eigenvalue weighted by molar-refractivity contribution is 7.90. The Morgan fingerprint density at radius 2 is 1.10 bits per heavy atom. The average Bonchev–Trinajstić information content (AvgIpc) is 4.13. The number of aromatic carboxylic acids is 1. The summed E-state index contributed by atoms with van der Waals surface area (Å²) >= 11 is 0. The molecule has 0 aliphatic carbocycles. The molecule has 4 aromatic heterocycles. The molecule has 8 rings (SSSR count). The summed E-state index contributed by atoms with van der Waals surface area (Å²) < 4.78 is 69.8. The van der Waals surface area contributed by atoms with E-state index in [9.17, 15) is 26.4 Å². The lowest BCUT2D eigenvalue weighted by atomic mass is 9.89. The van der Waals surface area contributed by atoms with Gasteiger partial charge in [0.15, 0.2) is 0 Å². The Morgan fingerprint density at radius 3 is 1.48 bits per heavy atom. The van der Waals surface area contributed by atoms with Gasteiger partial charge in [-0.1, -0.05) is 41.5 Å². The second kappa shape index (κ2) is 19.7. The first-order chi connectivity index (χ1) is 31.7. The average molecular weight is 962 g/mol. The first-order valence-corrected chi connectivity index (χ1v) is 25.9. The van der Waals surface area contributed by atoms with Crippen molar-refractivity contribution in [3.63, 3.8) is 0 Å². The van der Waals surface area contributed by atoms with Crippen molar-refractivity contribution in [2.75, 3.05) is 26.4 Å². The number of carboxylic acid groups (broad SMARTS) is 1. The highest BCUT2D eigenvalue weighted by Crippen LogP contribution is 2.35. The summed E-state index contributed by atoms with van der Waals surface area (Å²) in [6.45, 7) is 21.2. The fraction of sp³-hybridized carbons (Fsp3) is 0.532. The van der Waals surface area contributed by atoms with Crippen LogP contribution >= 0.6 is 0 Å². The molecule has 0 saturated carbocycles. The number of aromatic nitrogens is 8. The van der Waals surface area contributed by atoms with Gasteiger partial charge in [0.25, 0.3) is 26.0 Å². The minimum atomic E-state index is -4.04. The van der Waals surface area contributed by atoms with Gasteiger partial charge in [0, 0.05) is 56.4 Å². The van der Waals surface area contributed by atoms with E-state index in [1.54, 1.807) is 24.3 Å². The zero-order valence-corrected chi connectivity index (χ0v) is 41.2. The van der Waals surface area contributed by atoms with Crippen molar-refractivity contribution in [3.8, 4) is 0 Å².